The zero-order valence-corrected chi connectivity index (χ0v) is 15.8. The number of hydrogen-bond acceptors (Lipinski definition) is 5. The molecule has 2 unspecified atom stereocenters. The molecule has 0 bridgehead atoms. The topological polar surface area (TPSA) is 145 Å². The molecule has 1 rings (SSSR count). The zero-order valence-electron chi connectivity index (χ0n) is 15.8. The molecule has 9 heteroatoms. The van der Waals surface area contributed by atoms with Gasteiger partial charge < -0.3 is 26.2 Å². The smallest absolute Gasteiger partial charge is 0.405 e. The van der Waals surface area contributed by atoms with E-state index in [0.717, 1.165) is 6.42 Å². The monoisotopic (exact) mass is 393 g/mol. The first-order valence-electron chi connectivity index (χ1n) is 9.15. The Morgan fingerprint density at radius 1 is 1.00 bits per heavy atom. The largest absolute Gasteiger partial charge is 0.465 e. The molecule has 0 heterocycles. The average Bonchev–Trinajstić information content (AvgIpc) is 2.68. The summed E-state index contributed by atoms with van der Waals surface area (Å²) < 4.78 is 0. The third-order valence-corrected chi connectivity index (χ3v) is 4.04. The Kier molecular flexibility index (Phi) is 10.3. The zero-order chi connectivity index (χ0) is 20.9. The summed E-state index contributed by atoms with van der Waals surface area (Å²) in [4.78, 5) is 47.3. The first-order chi connectivity index (χ1) is 13.4. The summed E-state index contributed by atoms with van der Waals surface area (Å²) in [5.74, 6) is -1.65. The number of carbonyl (C=O) groups is 4. The van der Waals surface area contributed by atoms with Gasteiger partial charge in [-0.15, -0.1) is 0 Å². The fraction of sp³-hybridized carbons (Fsp3) is 0.474. The SMILES string of the molecule is CCCCC(NC(=O)O)C(=O)NC(CCC(=O)Nc1ccccc1)C(=O)CO. The minimum Gasteiger partial charge on any atom is -0.465 e. The number of unbranched alkanes of at least 4 members (excludes halogenated alkanes) is 1. The Bertz CT molecular complexity index is 665. The van der Waals surface area contributed by atoms with E-state index in [1.54, 1.807) is 30.3 Å². The Morgan fingerprint density at radius 2 is 1.68 bits per heavy atom. The Labute approximate surface area is 163 Å². The van der Waals surface area contributed by atoms with Crippen molar-refractivity contribution in [2.45, 2.75) is 51.1 Å². The summed E-state index contributed by atoms with van der Waals surface area (Å²) in [6.45, 7) is 1.11. The van der Waals surface area contributed by atoms with E-state index in [1.807, 2.05) is 6.92 Å². The number of amides is 3. The molecule has 1 aromatic carbocycles. The first kappa shape index (κ1) is 23.1. The van der Waals surface area contributed by atoms with Crippen molar-refractivity contribution >= 4 is 29.4 Å². The predicted molar refractivity (Wildman–Crippen MR) is 103 cm³/mol. The molecule has 3 amide bonds. The maximum atomic E-state index is 12.4. The molecule has 0 aromatic heterocycles. The van der Waals surface area contributed by atoms with Gasteiger partial charge in [-0.2, -0.15) is 0 Å². The van der Waals surface area contributed by atoms with E-state index in [1.165, 1.54) is 0 Å². The van der Waals surface area contributed by atoms with Crippen LogP contribution >= 0.6 is 0 Å². The number of aliphatic hydroxyl groups is 1. The number of para-hydroxylation sites is 1. The van der Waals surface area contributed by atoms with Crippen molar-refractivity contribution in [1.82, 2.24) is 10.6 Å². The number of ketones is 1. The van der Waals surface area contributed by atoms with Crippen LogP contribution in [0.5, 0.6) is 0 Å². The number of nitrogens with one attached hydrogen (secondary N) is 3. The minimum absolute atomic E-state index is 0.0165. The fourth-order valence-corrected chi connectivity index (χ4v) is 2.54. The van der Waals surface area contributed by atoms with Crippen molar-refractivity contribution in [1.29, 1.82) is 0 Å². The molecule has 0 aliphatic carbocycles. The summed E-state index contributed by atoms with van der Waals surface area (Å²) in [6.07, 6.45) is 0.252. The van der Waals surface area contributed by atoms with Gasteiger partial charge in [0, 0.05) is 12.1 Å². The molecule has 0 fully saturated rings. The van der Waals surface area contributed by atoms with Gasteiger partial charge >= 0.3 is 6.09 Å². The van der Waals surface area contributed by atoms with Crippen LogP contribution in [-0.4, -0.2) is 52.6 Å². The fourth-order valence-electron chi connectivity index (χ4n) is 2.54. The molecule has 0 radical (unpaired) electrons. The molecule has 28 heavy (non-hydrogen) atoms. The van der Waals surface area contributed by atoms with Gasteiger partial charge in [-0.1, -0.05) is 38.0 Å². The van der Waals surface area contributed by atoms with Crippen LogP contribution in [0.1, 0.15) is 39.0 Å². The minimum atomic E-state index is -1.34. The lowest BCUT2D eigenvalue weighted by atomic mass is 10.0. The van der Waals surface area contributed by atoms with E-state index in [4.69, 9.17) is 10.2 Å². The molecule has 1 aromatic rings. The van der Waals surface area contributed by atoms with E-state index in [-0.39, 0.29) is 25.2 Å². The van der Waals surface area contributed by atoms with Crippen molar-refractivity contribution in [3.63, 3.8) is 0 Å². The van der Waals surface area contributed by atoms with Gasteiger partial charge in [0.15, 0.2) is 5.78 Å². The quantitative estimate of drug-likeness (QED) is 0.362. The highest BCUT2D eigenvalue weighted by Crippen LogP contribution is 2.08. The molecule has 9 nitrogen and oxygen atoms in total. The Balaban J connectivity index is 2.67. The number of hydrogen-bond donors (Lipinski definition) is 5. The lowest BCUT2D eigenvalue weighted by Gasteiger charge is -2.21. The van der Waals surface area contributed by atoms with Gasteiger partial charge in [0.05, 0.1) is 6.04 Å². The van der Waals surface area contributed by atoms with Crippen LogP contribution in [0.2, 0.25) is 0 Å². The number of carbonyl (C=O) groups excluding carboxylic acids is 3. The standard InChI is InChI=1S/C19H27N3O6/c1-2-3-9-15(22-19(27)28)18(26)21-14(16(24)12-23)10-11-17(25)20-13-7-5-4-6-8-13/h4-8,14-15,22-23H,2-3,9-12H2,1H3,(H,20,25)(H,21,26)(H,27,28). The molecule has 0 aliphatic rings. The molecular formula is C19H27N3O6. The summed E-state index contributed by atoms with van der Waals surface area (Å²) in [5.41, 5.74) is 0.604. The van der Waals surface area contributed by atoms with Gasteiger partial charge in [0.25, 0.3) is 0 Å². The van der Waals surface area contributed by atoms with Crippen molar-refractivity contribution in [2.24, 2.45) is 0 Å². The predicted octanol–water partition coefficient (Wildman–Crippen LogP) is 1.28. The van der Waals surface area contributed by atoms with E-state index >= 15 is 0 Å². The molecular weight excluding hydrogens is 366 g/mol. The average molecular weight is 393 g/mol. The molecule has 154 valence electrons. The van der Waals surface area contributed by atoms with Gasteiger partial charge in [0.1, 0.15) is 12.6 Å². The van der Waals surface area contributed by atoms with Crippen molar-refractivity contribution in [2.75, 3.05) is 11.9 Å². The lowest BCUT2D eigenvalue weighted by molar-refractivity contribution is -0.130. The van der Waals surface area contributed by atoms with Crippen molar-refractivity contribution < 1.29 is 29.4 Å². The third-order valence-electron chi connectivity index (χ3n) is 4.04. The summed E-state index contributed by atoms with van der Waals surface area (Å²) in [5, 5.41) is 25.3. The highest BCUT2D eigenvalue weighted by molar-refractivity contribution is 5.94. The Hall–Kier alpha value is -2.94. The number of anilines is 1. The van der Waals surface area contributed by atoms with Gasteiger partial charge in [-0.3, -0.25) is 14.4 Å². The second kappa shape index (κ2) is 12.4. The van der Waals surface area contributed by atoms with Gasteiger partial charge in [-0.05, 0) is 25.0 Å². The van der Waals surface area contributed by atoms with E-state index < -0.39 is 36.5 Å². The number of Topliss-reactive ketones (excluding diaryl/α,β-unsaturated/α-hetero) is 1. The molecule has 0 saturated carbocycles. The maximum absolute atomic E-state index is 12.4. The van der Waals surface area contributed by atoms with E-state index in [9.17, 15) is 19.2 Å². The number of rotatable bonds is 12. The summed E-state index contributed by atoms with van der Waals surface area (Å²) in [6, 6.07) is 6.67. The van der Waals surface area contributed by atoms with Crippen molar-refractivity contribution in [3.8, 4) is 0 Å². The molecule has 2 atom stereocenters. The first-order valence-corrected chi connectivity index (χ1v) is 9.15. The highest BCUT2D eigenvalue weighted by Gasteiger charge is 2.26. The second-order valence-corrected chi connectivity index (χ2v) is 6.28. The van der Waals surface area contributed by atoms with Crippen LogP contribution in [0.25, 0.3) is 0 Å². The van der Waals surface area contributed by atoms with Crippen LogP contribution in [0.3, 0.4) is 0 Å². The van der Waals surface area contributed by atoms with E-state index in [2.05, 4.69) is 16.0 Å². The molecule has 0 aliphatic heterocycles. The number of benzene rings is 1. The normalized spacial score (nSPS) is 12.5. The molecule has 0 saturated heterocycles. The summed E-state index contributed by atoms with van der Waals surface area (Å²) >= 11 is 0. The highest BCUT2D eigenvalue weighted by atomic mass is 16.4. The van der Waals surface area contributed by atoms with Crippen LogP contribution in [0.4, 0.5) is 10.5 Å². The van der Waals surface area contributed by atoms with Crippen molar-refractivity contribution in [3.05, 3.63) is 30.3 Å². The Morgan fingerprint density at radius 3 is 2.25 bits per heavy atom. The lowest BCUT2D eigenvalue weighted by Crippen LogP contribution is -2.52. The van der Waals surface area contributed by atoms with Crippen LogP contribution in [0, 0.1) is 0 Å². The van der Waals surface area contributed by atoms with Gasteiger partial charge in [0.2, 0.25) is 11.8 Å². The second-order valence-electron chi connectivity index (χ2n) is 6.28. The van der Waals surface area contributed by atoms with Crippen LogP contribution < -0.4 is 16.0 Å². The van der Waals surface area contributed by atoms with Crippen LogP contribution in [-0.2, 0) is 14.4 Å². The van der Waals surface area contributed by atoms with Crippen LogP contribution in [0.15, 0.2) is 30.3 Å². The number of aliphatic hydroxyl groups excluding tert-OH is 1. The van der Waals surface area contributed by atoms with Gasteiger partial charge in [-0.25, -0.2) is 4.79 Å². The molecule has 0 spiro atoms. The maximum Gasteiger partial charge on any atom is 0.405 e. The number of carboxylic acid groups (broad SMARTS) is 1. The molecule has 5 N–H and O–H groups in total. The summed E-state index contributed by atoms with van der Waals surface area (Å²) in [7, 11) is 0. The third kappa shape index (κ3) is 8.63. The van der Waals surface area contributed by atoms with E-state index in [0.29, 0.717) is 12.1 Å².